The quantitative estimate of drug-likeness (QED) is 0.198. The molecular weight excluding hydrogens is 376 g/mol. The maximum Gasteiger partial charge on any atom is 0.335 e. The molecule has 1 unspecified atom stereocenters. The van der Waals surface area contributed by atoms with Crippen molar-refractivity contribution in [3.63, 3.8) is 0 Å². The van der Waals surface area contributed by atoms with Crippen molar-refractivity contribution in [2.75, 3.05) is 6.61 Å². The number of carbonyl (C=O) groups is 2. The average molecular weight is 419 g/mol. The fourth-order valence-electron chi connectivity index (χ4n) is 3.63. The van der Waals surface area contributed by atoms with Crippen LogP contribution in [0.25, 0.3) is 0 Å². The summed E-state index contributed by atoms with van der Waals surface area (Å²) in [5, 5.41) is 8.94. The summed E-state index contributed by atoms with van der Waals surface area (Å²) in [5.74, 6) is -1.01. The molecule has 0 saturated heterocycles. The van der Waals surface area contributed by atoms with Gasteiger partial charge in [-0.25, -0.2) is 4.79 Å². The zero-order chi connectivity index (χ0) is 22.0. The predicted molar refractivity (Wildman–Crippen MR) is 123 cm³/mol. The summed E-state index contributed by atoms with van der Waals surface area (Å²) in [6.07, 6.45) is 17.3. The number of ether oxygens (including phenoxy) is 1. The van der Waals surface area contributed by atoms with Gasteiger partial charge in [-0.1, -0.05) is 103 Å². The van der Waals surface area contributed by atoms with Crippen LogP contribution in [0.4, 0.5) is 0 Å². The van der Waals surface area contributed by atoms with Crippen molar-refractivity contribution in [1.82, 2.24) is 0 Å². The topological polar surface area (TPSA) is 63.6 Å². The van der Waals surface area contributed by atoms with Crippen LogP contribution in [-0.4, -0.2) is 23.7 Å². The van der Waals surface area contributed by atoms with Gasteiger partial charge in [0.15, 0.2) is 0 Å². The lowest BCUT2D eigenvalue weighted by Crippen LogP contribution is -2.11. The number of unbranched alkanes of at least 4 members (excludes halogenated alkanes) is 12. The van der Waals surface area contributed by atoms with Gasteiger partial charge in [-0.05, 0) is 24.1 Å². The Hall–Kier alpha value is -1.84. The van der Waals surface area contributed by atoms with Crippen LogP contribution in [-0.2, 0) is 9.53 Å². The summed E-state index contributed by atoms with van der Waals surface area (Å²) in [6.45, 7) is 4.58. The number of esters is 1. The minimum absolute atomic E-state index is 0.0587. The first kappa shape index (κ1) is 26.2. The number of hydrogen-bond acceptors (Lipinski definition) is 3. The zero-order valence-electron chi connectivity index (χ0n) is 19.2. The van der Waals surface area contributed by atoms with Crippen LogP contribution >= 0.6 is 0 Å². The van der Waals surface area contributed by atoms with Crippen LogP contribution in [0.15, 0.2) is 24.3 Å². The summed E-state index contributed by atoms with van der Waals surface area (Å²) in [7, 11) is 0. The van der Waals surface area contributed by atoms with Gasteiger partial charge in [-0.2, -0.15) is 0 Å². The Kier molecular flexibility index (Phi) is 14.8. The first-order valence-electron chi connectivity index (χ1n) is 12.0. The molecule has 1 N–H and O–H groups in total. The van der Waals surface area contributed by atoms with E-state index in [1.165, 1.54) is 70.6 Å². The Morgan fingerprint density at radius 2 is 1.27 bits per heavy atom. The second-order valence-corrected chi connectivity index (χ2v) is 8.50. The fourth-order valence-corrected chi connectivity index (χ4v) is 3.63. The molecule has 170 valence electrons. The lowest BCUT2D eigenvalue weighted by Gasteiger charge is -2.13. The molecule has 0 bridgehead atoms. The van der Waals surface area contributed by atoms with Crippen LogP contribution in [0.1, 0.15) is 126 Å². The third-order valence-corrected chi connectivity index (χ3v) is 5.71. The number of carbonyl (C=O) groups excluding carboxylic acids is 1. The molecule has 4 nitrogen and oxygen atoms in total. The minimum Gasteiger partial charge on any atom is -0.478 e. The summed E-state index contributed by atoms with van der Waals surface area (Å²) in [4.78, 5) is 22.8. The van der Waals surface area contributed by atoms with Crippen LogP contribution < -0.4 is 0 Å². The van der Waals surface area contributed by atoms with Crippen molar-refractivity contribution in [3.8, 4) is 0 Å². The monoisotopic (exact) mass is 418 g/mol. The highest BCUT2D eigenvalue weighted by Crippen LogP contribution is 2.17. The largest absolute Gasteiger partial charge is 0.478 e. The van der Waals surface area contributed by atoms with E-state index in [4.69, 9.17) is 9.84 Å². The molecule has 0 fully saturated rings. The van der Waals surface area contributed by atoms with Gasteiger partial charge in [0.05, 0.1) is 12.2 Å². The molecule has 0 saturated carbocycles. The molecule has 0 amide bonds. The summed E-state index contributed by atoms with van der Waals surface area (Å²) < 4.78 is 5.39. The third kappa shape index (κ3) is 12.7. The molecule has 30 heavy (non-hydrogen) atoms. The Bertz CT molecular complexity index is 579. The smallest absolute Gasteiger partial charge is 0.335 e. The van der Waals surface area contributed by atoms with E-state index in [1.54, 1.807) is 24.3 Å². The van der Waals surface area contributed by atoms with Crippen molar-refractivity contribution < 1.29 is 19.4 Å². The molecule has 0 radical (unpaired) electrons. The minimum atomic E-state index is -0.932. The van der Waals surface area contributed by atoms with Crippen LogP contribution in [0.2, 0.25) is 0 Å². The lowest BCUT2D eigenvalue weighted by molar-refractivity contribution is -0.144. The Morgan fingerprint density at radius 3 is 1.73 bits per heavy atom. The molecule has 1 rings (SSSR count). The van der Waals surface area contributed by atoms with Crippen molar-refractivity contribution in [3.05, 3.63) is 35.4 Å². The van der Waals surface area contributed by atoms with Crippen molar-refractivity contribution >= 4 is 11.9 Å². The molecule has 0 spiro atoms. The van der Waals surface area contributed by atoms with Crippen molar-refractivity contribution in [2.45, 2.75) is 110 Å². The molecular formula is C26H42O4. The third-order valence-electron chi connectivity index (χ3n) is 5.71. The van der Waals surface area contributed by atoms with Gasteiger partial charge in [0.1, 0.15) is 0 Å². The van der Waals surface area contributed by atoms with Crippen molar-refractivity contribution in [1.29, 1.82) is 0 Å². The highest BCUT2D eigenvalue weighted by atomic mass is 16.5. The summed E-state index contributed by atoms with van der Waals surface area (Å²) in [5.41, 5.74) is 1.25. The standard InChI is InChI=1S/C26H42O4/c1-3-4-5-6-7-8-9-10-11-12-13-14-15-16-25(27)30-21-22(2)23-17-19-24(20-18-23)26(28)29/h17-20,22H,3-16,21H2,1-2H3,(H,28,29). The Balaban J connectivity index is 1.96. The van der Waals surface area contributed by atoms with E-state index in [-0.39, 0.29) is 17.5 Å². The normalized spacial score (nSPS) is 11.9. The number of benzene rings is 1. The second-order valence-electron chi connectivity index (χ2n) is 8.50. The number of hydrogen-bond donors (Lipinski definition) is 1. The van der Waals surface area contributed by atoms with Crippen LogP contribution in [0.5, 0.6) is 0 Å². The highest BCUT2D eigenvalue weighted by Gasteiger charge is 2.10. The van der Waals surface area contributed by atoms with Gasteiger partial charge < -0.3 is 9.84 Å². The SMILES string of the molecule is CCCCCCCCCCCCCCCC(=O)OCC(C)c1ccc(C(=O)O)cc1. The van der Waals surface area contributed by atoms with Gasteiger partial charge in [-0.15, -0.1) is 0 Å². The molecule has 0 aliphatic heterocycles. The molecule has 0 aliphatic carbocycles. The maximum atomic E-state index is 11.9. The van der Waals surface area contributed by atoms with Gasteiger partial charge in [0, 0.05) is 12.3 Å². The van der Waals surface area contributed by atoms with E-state index >= 15 is 0 Å². The molecule has 4 heteroatoms. The van der Waals surface area contributed by atoms with Gasteiger partial charge in [-0.3, -0.25) is 4.79 Å². The first-order chi connectivity index (χ1) is 14.5. The number of rotatable bonds is 18. The Labute approximate surface area is 183 Å². The van der Waals surface area contributed by atoms with E-state index in [0.29, 0.717) is 13.0 Å². The highest BCUT2D eigenvalue weighted by molar-refractivity contribution is 5.87. The number of carboxylic acids is 1. The number of aromatic carboxylic acids is 1. The average Bonchev–Trinajstić information content (AvgIpc) is 2.75. The van der Waals surface area contributed by atoms with E-state index < -0.39 is 5.97 Å². The van der Waals surface area contributed by atoms with Gasteiger partial charge >= 0.3 is 11.9 Å². The van der Waals surface area contributed by atoms with E-state index in [9.17, 15) is 9.59 Å². The van der Waals surface area contributed by atoms with Crippen LogP contribution in [0, 0.1) is 0 Å². The molecule has 1 atom stereocenters. The molecule has 1 aromatic rings. The molecule has 0 aromatic heterocycles. The maximum absolute atomic E-state index is 11.9. The summed E-state index contributed by atoms with van der Waals surface area (Å²) in [6, 6.07) is 6.75. The van der Waals surface area contributed by atoms with E-state index in [1.807, 2.05) is 6.92 Å². The fraction of sp³-hybridized carbons (Fsp3) is 0.692. The van der Waals surface area contributed by atoms with Crippen LogP contribution in [0.3, 0.4) is 0 Å². The van der Waals surface area contributed by atoms with Crippen molar-refractivity contribution in [2.24, 2.45) is 0 Å². The second kappa shape index (κ2) is 16.9. The van der Waals surface area contributed by atoms with Gasteiger partial charge in [0.25, 0.3) is 0 Å². The van der Waals surface area contributed by atoms with Gasteiger partial charge in [0.2, 0.25) is 0 Å². The van der Waals surface area contributed by atoms with E-state index in [0.717, 1.165) is 18.4 Å². The molecule has 0 heterocycles. The molecule has 0 aliphatic rings. The summed E-state index contributed by atoms with van der Waals surface area (Å²) >= 11 is 0. The number of carboxylic acid groups (broad SMARTS) is 1. The predicted octanol–water partition coefficient (Wildman–Crippen LogP) is 7.51. The molecule has 1 aromatic carbocycles. The Morgan fingerprint density at radius 1 is 0.800 bits per heavy atom. The lowest BCUT2D eigenvalue weighted by atomic mass is 10.0. The first-order valence-corrected chi connectivity index (χ1v) is 12.0. The van der Waals surface area contributed by atoms with E-state index in [2.05, 4.69) is 6.92 Å². The zero-order valence-corrected chi connectivity index (χ0v) is 19.2.